The SMILES string of the molecule is COC(=O)C(C)Nc1nc(C(C)(C)C)nc(N)c1C. The molecule has 0 fully saturated rings. The average molecular weight is 266 g/mol. The summed E-state index contributed by atoms with van der Waals surface area (Å²) in [5.74, 6) is 1.26. The number of ether oxygens (including phenoxy) is 1. The number of methoxy groups -OCH3 is 1. The molecule has 1 aromatic rings. The van der Waals surface area contributed by atoms with Crippen molar-refractivity contribution in [1.82, 2.24) is 9.97 Å². The van der Waals surface area contributed by atoms with E-state index < -0.39 is 6.04 Å². The van der Waals surface area contributed by atoms with Crippen LogP contribution in [-0.2, 0) is 14.9 Å². The Kier molecular flexibility index (Phi) is 4.34. The molecule has 3 N–H and O–H groups in total. The highest BCUT2D eigenvalue weighted by Crippen LogP contribution is 2.25. The molecule has 1 rings (SSSR count). The first-order chi connectivity index (χ1) is 8.66. The van der Waals surface area contributed by atoms with Crippen LogP contribution in [0, 0.1) is 6.92 Å². The van der Waals surface area contributed by atoms with Gasteiger partial charge in [-0.25, -0.2) is 14.8 Å². The third-order valence-corrected chi connectivity index (χ3v) is 2.76. The van der Waals surface area contributed by atoms with Gasteiger partial charge in [0, 0.05) is 11.0 Å². The highest BCUT2D eigenvalue weighted by Gasteiger charge is 2.22. The van der Waals surface area contributed by atoms with Gasteiger partial charge in [-0.3, -0.25) is 0 Å². The number of hydrogen-bond acceptors (Lipinski definition) is 6. The Balaban J connectivity index is 3.13. The van der Waals surface area contributed by atoms with E-state index in [0.717, 1.165) is 5.56 Å². The van der Waals surface area contributed by atoms with E-state index in [1.54, 1.807) is 6.92 Å². The fraction of sp³-hybridized carbons (Fsp3) is 0.615. The summed E-state index contributed by atoms with van der Waals surface area (Å²) in [5, 5.41) is 3.01. The molecule has 1 unspecified atom stereocenters. The standard InChI is InChI=1S/C13H22N4O2/c1-7-9(14)16-12(13(3,4)5)17-10(7)15-8(2)11(18)19-6/h8H,1-6H3,(H3,14,15,16,17). The molecule has 0 aliphatic heterocycles. The Labute approximate surface area is 113 Å². The third-order valence-electron chi connectivity index (χ3n) is 2.76. The van der Waals surface area contributed by atoms with Gasteiger partial charge in [0.15, 0.2) is 0 Å². The molecule has 0 amide bonds. The lowest BCUT2D eigenvalue weighted by atomic mass is 9.95. The highest BCUT2D eigenvalue weighted by atomic mass is 16.5. The Morgan fingerprint density at radius 1 is 1.37 bits per heavy atom. The first-order valence-corrected chi connectivity index (χ1v) is 6.15. The van der Waals surface area contributed by atoms with Crippen LogP contribution >= 0.6 is 0 Å². The van der Waals surface area contributed by atoms with E-state index in [-0.39, 0.29) is 11.4 Å². The van der Waals surface area contributed by atoms with E-state index in [2.05, 4.69) is 20.0 Å². The van der Waals surface area contributed by atoms with E-state index in [9.17, 15) is 4.79 Å². The van der Waals surface area contributed by atoms with Crippen molar-refractivity contribution in [3.05, 3.63) is 11.4 Å². The normalized spacial score (nSPS) is 12.9. The minimum absolute atomic E-state index is 0.216. The number of nitrogens with one attached hydrogen (secondary N) is 1. The molecule has 6 heteroatoms. The molecule has 106 valence electrons. The van der Waals surface area contributed by atoms with Crippen LogP contribution < -0.4 is 11.1 Å². The van der Waals surface area contributed by atoms with Gasteiger partial charge in [0.25, 0.3) is 0 Å². The van der Waals surface area contributed by atoms with Crippen molar-refractivity contribution in [3.63, 3.8) is 0 Å². The number of carbonyl (C=O) groups is 1. The van der Waals surface area contributed by atoms with Crippen LogP contribution in [-0.4, -0.2) is 29.1 Å². The van der Waals surface area contributed by atoms with Crippen LogP contribution in [0.1, 0.15) is 39.1 Å². The average Bonchev–Trinajstić information content (AvgIpc) is 2.32. The van der Waals surface area contributed by atoms with Crippen LogP contribution in [0.4, 0.5) is 11.6 Å². The van der Waals surface area contributed by atoms with Crippen molar-refractivity contribution >= 4 is 17.6 Å². The Morgan fingerprint density at radius 2 is 1.95 bits per heavy atom. The molecular formula is C13H22N4O2. The second-order valence-corrected chi connectivity index (χ2v) is 5.55. The van der Waals surface area contributed by atoms with Crippen molar-refractivity contribution in [2.24, 2.45) is 0 Å². The quantitative estimate of drug-likeness (QED) is 0.808. The zero-order valence-corrected chi connectivity index (χ0v) is 12.4. The molecule has 19 heavy (non-hydrogen) atoms. The number of hydrogen-bond donors (Lipinski definition) is 2. The molecule has 0 aromatic carbocycles. The molecule has 0 aliphatic carbocycles. The van der Waals surface area contributed by atoms with E-state index in [4.69, 9.17) is 5.73 Å². The molecule has 0 spiro atoms. The number of carbonyl (C=O) groups excluding carboxylic acids is 1. The minimum Gasteiger partial charge on any atom is -0.467 e. The largest absolute Gasteiger partial charge is 0.467 e. The molecule has 0 aliphatic rings. The summed E-state index contributed by atoms with van der Waals surface area (Å²) in [5.41, 5.74) is 6.41. The van der Waals surface area contributed by atoms with Crippen molar-refractivity contribution in [2.75, 3.05) is 18.2 Å². The predicted molar refractivity (Wildman–Crippen MR) is 75.0 cm³/mol. The highest BCUT2D eigenvalue weighted by molar-refractivity contribution is 5.78. The van der Waals surface area contributed by atoms with Gasteiger partial charge in [-0.2, -0.15) is 0 Å². The zero-order chi connectivity index (χ0) is 14.8. The summed E-state index contributed by atoms with van der Waals surface area (Å²) in [4.78, 5) is 20.2. The first-order valence-electron chi connectivity index (χ1n) is 6.15. The van der Waals surface area contributed by atoms with E-state index in [1.807, 2.05) is 27.7 Å². The lowest BCUT2D eigenvalue weighted by Gasteiger charge is -2.21. The fourth-order valence-electron chi connectivity index (χ4n) is 1.45. The van der Waals surface area contributed by atoms with Crippen LogP contribution in [0.15, 0.2) is 0 Å². The molecule has 1 heterocycles. The molecule has 1 atom stereocenters. The van der Waals surface area contributed by atoms with Gasteiger partial charge < -0.3 is 15.8 Å². The van der Waals surface area contributed by atoms with Gasteiger partial charge in [-0.1, -0.05) is 20.8 Å². The summed E-state index contributed by atoms with van der Waals surface area (Å²) in [6.45, 7) is 9.54. The lowest BCUT2D eigenvalue weighted by molar-refractivity contribution is -0.141. The van der Waals surface area contributed by atoms with E-state index in [1.165, 1.54) is 7.11 Å². The minimum atomic E-state index is -0.495. The predicted octanol–water partition coefficient (Wildman–Crippen LogP) is 1.64. The molecule has 1 aromatic heterocycles. The number of esters is 1. The topological polar surface area (TPSA) is 90.1 Å². The number of nitrogen functional groups attached to an aromatic ring is 1. The number of nitrogens with two attached hydrogens (primary N) is 1. The number of anilines is 2. The molecule has 0 bridgehead atoms. The Bertz CT molecular complexity index is 480. The summed E-state index contributed by atoms with van der Waals surface area (Å²) in [6, 6.07) is -0.495. The Hall–Kier alpha value is -1.85. The van der Waals surface area contributed by atoms with Crippen LogP contribution in [0.5, 0.6) is 0 Å². The Morgan fingerprint density at radius 3 is 2.42 bits per heavy atom. The molecule has 0 saturated carbocycles. The fourth-order valence-corrected chi connectivity index (χ4v) is 1.45. The lowest BCUT2D eigenvalue weighted by Crippen LogP contribution is -2.29. The molecule has 6 nitrogen and oxygen atoms in total. The third kappa shape index (κ3) is 3.56. The summed E-state index contributed by atoms with van der Waals surface area (Å²) in [7, 11) is 1.35. The van der Waals surface area contributed by atoms with Gasteiger partial charge >= 0.3 is 5.97 Å². The van der Waals surface area contributed by atoms with Gasteiger partial charge in [-0.05, 0) is 13.8 Å². The van der Waals surface area contributed by atoms with Crippen molar-refractivity contribution < 1.29 is 9.53 Å². The first kappa shape index (κ1) is 15.2. The molecular weight excluding hydrogens is 244 g/mol. The van der Waals surface area contributed by atoms with E-state index >= 15 is 0 Å². The van der Waals surface area contributed by atoms with Crippen LogP contribution in [0.2, 0.25) is 0 Å². The maximum absolute atomic E-state index is 11.4. The smallest absolute Gasteiger partial charge is 0.328 e. The van der Waals surface area contributed by atoms with Crippen LogP contribution in [0.25, 0.3) is 0 Å². The van der Waals surface area contributed by atoms with Crippen molar-refractivity contribution in [1.29, 1.82) is 0 Å². The van der Waals surface area contributed by atoms with Crippen LogP contribution in [0.3, 0.4) is 0 Å². The van der Waals surface area contributed by atoms with E-state index in [0.29, 0.717) is 17.5 Å². The molecule has 0 saturated heterocycles. The second kappa shape index (κ2) is 5.42. The second-order valence-electron chi connectivity index (χ2n) is 5.55. The number of aromatic nitrogens is 2. The maximum atomic E-state index is 11.4. The van der Waals surface area contributed by atoms with Crippen molar-refractivity contribution in [2.45, 2.75) is 46.1 Å². The van der Waals surface area contributed by atoms with Gasteiger partial charge in [0.05, 0.1) is 7.11 Å². The monoisotopic (exact) mass is 266 g/mol. The summed E-state index contributed by atoms with van der Waals surface area (Å²) in [6.07, 6.45) is 0. The van der Waals surface area contributed by atoms with Crippen molar-refractivity contribution in [3.8, 4) is 0 Å². The maximum Gasteiger partial charge on any atom is 0.328 e. The number of nitrogens with zero attached hydrogens (tertiary/aromatic N) is 2. The van der Waals surface area contributed by atoms with Gasteiger partial charge in [0.1, 0.15) is 23.5 Å². The van der Waals surface area contributed by atoms with Gasteiger partial charge in [-0.15, -0.1) is 0 Å². The van der Waals surface area contributed by atoms with Gasteiger partial charge in [0.2, 0.25) is 0 Å². The molecule has 0 radical (unpaired) electrons. The summed E-state index contributed by atoms with van der Waals surface area (Å²) >= 11 is 0. The summed E-state index contributed by atoms with van der Waals surface area (Å²) < 4.78 is 4.68. The number of rotatable bonds is 3. The zero-order valence-electron chi connectivity index (χ0n) is 12.4.